The zero-order valence-electron chi connectivity index (χ0n) is 21.2. The molecule has 0 unspecified atom stereocenters. The number of carbonyl (C=O) groups excluding carboxylic acids is 2. The number of nitrogens with one attached hydrogen (secondary N) is 1. The van der Waals surface area contributed by atoms with Gasteiger partial charge in [0.2, 0.25) is 21.8 Å². The van der Waals surface area contributed by atoms with Crippen LogP contribution in [0, 0.1) is 0 Å². The van der Waals surface area contributed by atoms with Gasteiger partial charge in [0.1, 0.15) is 11.8 Å². The van der Waals surface area contributed by atoms with Crippen molar-refractivity contribution in [3.05, 3.63) is 95.8 Å². The largest absolute Gasteiger partial charge is 0.497 e. The highest BCUT2D eigenvalue weighted by Crippen LogP contribution is 2.16. The Labute approximate surface area is 218 Å². The van der Waals surface area contributed by atoms with Crippen LogP contribution in [0.15, 0.2) is 79.1 Å². The first-order chi connectivity index (χ1) is 17.7. The van der Waals surface area contributed by atoms with Crippen LogP contribution in [0.1, 0.15) is 23.6 Å². The van der Waals surface area contributed by atoms with E-state index in [0.29, 0.717) is 5.75 Å². The molecule has 9 nitrogen and oxygen atoms in total. The SMILES string of the molecule is COc1ccc(CN(C(=O)CN(Cc2ccccc2)S(C)(=O)=O)[C@@H](C)C(=O)NCc2ccncc2)cc1. The Kier molecular flexibility index (Phi) is 9.76. The molecule has 0 saturated carbocycles. The van der Waals surface area contributed by atoms with Gasteiger partial charge < -0.3 is 15.0 Å². The van der Waals surface area contributed by atoms with Crippen molar-refractivity contribution < 1.29 is 22.7 Å². The van der Waals surface area contributed by atoms with Crippen LogP contribution >= 0.6 is 0 Å². The Morgan fingerprint density at radius 3 is 2.14 bits per heavy atom. The van der Waals surface area contributed by atoms with Crippen LogP contribution in [-0.4, -0.2) is 60.4 Å². The quantitative estimate of drug-likeness (QED) is 0.390. The molecule has 0 aliphatic carbocycles. The first-order valence-electron chi connectivity index (χ1n) is 11.8. The zero-order valence-corrected chi connectivity index (χ0v) is 22.0. The van der Waals surface area contributed by atoms with Crippen LogP contribution in [0.4, 0.5) is 0 Å². The highest BCUT2D eigenvalue weighted by molar-refractivity contribution is 7.88. The average Bonchev–Trinajstić information content (AvgIpc) is 2.90. The summed E-state index contributed by atoms with van der Waals surface area (Å²) >= 11 is 0. The number of sulfonamides is 1. The van der Waals surface area contributed by atoms with Crippen molar-refractivity contribution in [1.82, 2.24) is 19.5 Å². The predicted octanol–water partition coefficient (Wildman–Crippen LogP) is 2.59. The van der Waals surface area contributed by atoms with Crippen molar-refractivity contribution in [3.63, 3.8) is 0 Å². The number of hydrogen-bond acceptors (Lipinski definition) is 6. The van der Waals surface area contributed by atoms with E-state index in [2.05, 4.69) is 10.3 Å². The summed E-state index contributed by atoms with van der Waals surface area (Å²) in [6, 6.07) is 18.9. The van der Waals surface area contributed by atoms with Gasteiger partial charge in [0.15, 0.2) is 0 Å². The molecule has 0 aliphatic heterocycles. The maximum Gasteiger partial charge on any atom is 0.242 e. The van der Waals surface area contributed by atoms with Crippen molar-refractivity contribution in [1.29, 1.82) is 0 Å². The van der Waals surface area contributed by atoms with E-state index in [9.17, 15) is 18.0 Å². The molecular formula is C27H32N4O5S. The monoisotopic (exact) mass is 524 g/mol. The smallest absolute Gasteiger partial charge is 0.242 e. The molecule has 0 aliphatic rings. The van der Waals surface area contributed by atoms with E-state index in [1.165, 1.54) is 4.90 Å². The van der Waals surface area contributed by atoms with Gasteiger partial charge >= 0.3 is 0 Å². The highest BCUT2D eigenvalue weighted by Gasteiger charge is 2.29. The number of rotatable bonds is 12. The summed E-state index contributed by atoms with van der Waals surface area (Å²) in [5, 5.41) is 2.85. The third-order valence-electron chi connectivity index (χ3n) is 5.88. The average molecular weight is 525 g/mol. The van der Waals surface area contributed by atoms with Gasteiger partial charge in [-0.25, -0.2) is 8.42 Å². The molecule has 1 aromatic heterocycles. The van der Waals surface area contributed by atoms with Gasteiger partial charge in [-0.15, -0.1) is 0 Å². The molecular weight excluding hydrogens is 492 g/mol. The van der Waals surface area contributed by atoms with E-state index in [1.54, 1.807) is 75.0 Å². The number of hydrogen-bond donors (Lipinski definition) is 1. The second-order valence-corrected chi connectivity index (χ2v) is 10.6. The van der Waals surface area contributed by atoms with Crippen molar-refractivity contribution >= 4 is 21.8 Å². The standard InChI is InChI=1S/C27H32N4O5S/c1-21(27(33)29-17-22-13-15-28-16-14-22)31(19-24-9-11-25(36-2)12-10-24)26(32)20-30(37(3,34)35)18-23-7-5-4-6-8-23/h4-16,21H,17-20H2,1-3H3,(H,29,33)/t21-/m0/s1. The Bertz CT molecular complexity index is 1270. The van der Waals surface area contributed by atoms with Gasteiger partial charge in [-0.05, 0) is 47.9 Å². The Hall–Kier alpha value is -3.76. The lowest BCUT2D eigenvalue weighted by Crippen LogP contribution is -2.50. The summed E-state index contributed by atoms with van der Waals surface area (Å²) in [7, 11) is -2.14. The number of benzene rings is 2. The lowest BCUT2D eigenvalue weighted by molar-refractivity contribution is -0.140. The Morgan fingerprint density at radius 2 is 1.54 bits per heavy atom. The summed E-state index contributed by atoms with van der Waals surface area (Å²) in [6.07, 6.45) is 4.34. The molecule has 1 heterocycles. The molecule has 0 saturated heterocycles. The molecule has 10 heteroatoms. The van der Waals surface area contributed by atoms with Crippen LogP contribution < -0.4 is 10.1 Å². The van der Waals surface area contributed by atoms with Crippen LogP contribution in [0.5, 0.6) is 5.75 Å². The molecule has 37 heavy (non-hydrogen) atoms. The maximum absolute atomic E-state index is 13.5. The lowest BCUT2D eigenvalue weighted by atomic mass is 10.1. The first kappa shape index (κ1) is 27.8. The van der Waals surface area contributed by atoms with Crippen molar-refractivity contribution in [2.45, 2.75) is 32.6 Å². The number of pyridine rings is 1. The molecule has 0 spiro atoms. The van der Waals surface area contributed by atoms with Crippen LogP contribution in [0.3, 0.4) is 0 Å². The molecule has 2 amide bonds. The second kappa shape index (κ2) is 13.0. The summed E-state index contributed by atoms with van der Waals surface area (Å²) in [6.45, 7) is 1.68. The fourth-order valence-corrected chi connectivity index (χ4v) is 4.40. The number of methoxy groups -OCH3 is 1. The van der Waals surface area contributed by atoms with Crippen LogP contribution in [0.25, 0.3) is 0 Å². The van der Waals surface area contributed by atoms with Gasteiger partial charge in [0.05, 0.1) is 19.9 Å². The number of aromatic nitrogens is 1. The van der Waals surface area contributed by atoms with Gasteiger partial charge in [-0.3, -0.25) is 14.6 Å². The molecule has 0 bridgehead atoms. The minimum absolute atomic E-state index is 0.0460. The molecule has 1 atom stereocenters. The topological polar surface area (TPSA) is 109 Å². The lowest BCUT2D eigenvalue weighted by Gasteiger charge is -2.31. The number of ether oxygens (including phenoxy) is 1. The third kappa shape index (κ3) is 8.40. The molecule has 3 rings (SSSR count). The number of nitrogens with zero attached hydrogens (tertiary/aromatic N) is 3. The summed E-state index contributed by atoms with van der Waals surface area (Å²) in [5.41, 5.74) is 2.40. The Balaban J connectivity index is 1.81. The van der Waals surface area contributed by atoms with E-state index in [-0.39, 0.29) is 25.5 Å². The van der Waals surface area contributed by atoms with Gasteiger partial charge in [0.25, 0.3) is 0 Å². The van der Waals surface area contributed by atoms with E-state index in [4.69, 9.17) is 4.74 Å². The second-order valence-electron chi connectivity index (χ2n) is 8.64. The van der Waals surface area contributed by atoms with E-state index in [0.717, 1.165) is 27.3 Å². The molecule has 0 fully saturated rings. The fraction of sp³-hybridized carbons (Fsp3) is 0.296. The Morgan fingerprint density at radius 1 is 0.919 bits per heavy atom. The predicted molar refractivity (Wildman–Crippen MR) is 141 cm³/mol. The minimum atomic E-state index is -3.70. The molecule has 0 radical (unpaired) electrons. The highest BCUT2D eigenvalue weighted by atomic mass is 32.2. The third-order valence-corrected chi connectivity index (χ3v) is 7.07. The molecule has 1 N–H and O–H groups in total. The van der Waals surface area contributed by atoms with E-state index >= 15 is 0 Å². The normalized spacial score (nSPS) is 12.1. The zero-order chi connectivity index (χ0) is 26.8. The molecule has 3 aromatic rings. The summed E-state index contributed by atoms with van der Waals surface area (Å²) in [5.74, 6) is -0.174. The maximum atomic E-state index is 13.5. The summed E-state index contributed by atoms with van der Waals surface area (Å²) in [4.78, 5) is 32.0. The van der Waals surface area contributed by atoms with E-state index < -0.39 is 28.5 Å². The van der Waals surface area contributed by atoms with Crippen molar-refractivity contribution in [2.75, 3.05) is 19.9 Å². The number of amides is 2. The molecule has 2 aromatic carbocycles. The fourth-order valence-electron chi connectivity index (χ4n) is 3.67. The van der Waals surface area contributed by atoms with Gasteiger partial charge in [-0.2, -0.15) is 4.31 Å². The first-order valence-corrected chi connectivity index (χ1v) is 13.6. The van der Waals surface area contributed by atoms with Crippen molar-refractivity contribution in [2.24, 2.45) is 0 Å². The minimum Gasteiger partial charge on any atom is -0.497 e. The van der Waals surface area contributed by atoms with E-state index in [1.807, 2.05) is 18.2 Å². The summed E-state index contributed by atoms with van der Waals surface area (Å²) < 4.78 is 31.4. The van der Waals surface area contributed by atoms with Crippen molar-refractivity contribution in [3.8, 4) is 5.75 Å². The number of carbonyl (C=O) groups is 2. The molecule has 196 valence electrons. The van der Waals surface area contributed by atoms with Gasteiger partial charge in [0, 0.05) is 32.0 Å². The van der Waals surface area contributed by atoms with Gasteiger partial charge in [-0.1, -0.05) is 42.5 Å². The van der Waals surface area contributed by atoms with Crippen LogP contribution in [0.2, 0.25) is 0 Å². The van der Waals surface area contributed by atoms with Crippen LogP contribution in [-0.2, 0) is 39.2 Å².